The van der Waals surface area contributed by atoms with Gasteiger partial charge < -0.3 is 10.1 Å². The molecule has 0 rings (SSSR count). The van der Waals surface area contributed by atoms with Crippen LogP contribution in [0.25, 0.3) is 0 Å². The van der Waals surface area contributed by atoms with Crippen molar-refractivity contribution in [2.24, 2.45) is 5.41 Å². The van der Waals surface area contributed by atoms with E-state index in [2.05, 4.69) is 39.9 Å². The van der Waals surface area contributed by atoms with Gasteiger partial charge >= 0.3 is 0 Å². The number of methoxy groups -OCH3 is 1. The second-order valence-electron chi connectivity index (χ2n) is 5.45. The minimum atomic E-state index is 0.354. The van der Waals surface area contributed by atoms with Crippen LogP contribution in [0.2, 0.25) is 0 Å². The molecular weight excluding hydrogens is 186 g/mol. The number of hydrogen-bond acceptors (Lipinski definition) is 2. The van der Waals surface area contributed by atoms with Crippen LogP contribution in [-0.4, -0.2) is 25.8 Å². The standard InChI is InChI=1S/C13H29NO/c1-7-12(15-6)11(14-8-2)9-10-13(3,4)5/h11-12,14H,7-10H2,1-6H3. The van der Waals surface area contributed by atoms with E-state index in [1.165, 1.54) is 12.8 Å². The Hall–Kier alpha value is -0.0800. The molecule has 0 saturated carbocycles. The van der Waals surface area contributed by atoms with Crippen molar-refractivity contribution in [3.63, 3.8) is 0 Å². The minimum absolute atomic E-state index is 0.354. The zero-order valence-electron chi connectivity index (χ0n) is 11.4. The Labute approximate surface area is 95.8 Å². The third-order valence-corrected chi connectivity index (χ3v) is 2.83. The van der Waals surface area contributed by atoms with E-state index < -0.39 is 0 Å². The largest absolute Gasteiger partial charge is 0.380 e. The van der Waals surface area contributed by atoms with Crippen LogP contribution in [0.1, 0.15) is 53.9 Å². The van der Waals surface area contributed by atoms with Crippen LogP contribution in [0, 0.1) is 5.41 Å². The number of nitrogens with one attached hydrogen (secondary N) is 1. The third kappa shape index (κ3) is 6.91. The van der Waals surface area contributed by atoms with Crippen molar-refractivity contribution >= 4 is 0 Å². The first-order valence-corrected chi connectivity index (χ1v) is 6.20. The lowest BCUT2D eigenvalue weighted by Crippen LogP contribution is -2.41. The van der Waals surface area contributed by atoms with E-state index >= 15 is 0 Å². The highest BCUT2D eigenvalue weighted by Gasteiger charge is 2.21. The van der Waals surface area contributed by atoms with Crippen LogP contribution >= 0.6 is 0 Å². The average Bonchev–Trinajstić information content (AvgIpc) is 2.14. The quantitative estimate of drug-likeness (QED) is 0.704. The second kappa shape index (κ2) is 7.24. The summed E-state index contributed by atoms with van der Waals surface area (Å²) >= 11 is 0. The first-order chi connectivity index (χ1) is 6.94. The van der Waals surface area contributed by atoms with Gasteiger partial charge in [0, 0.05) is 13.2 Å². The molecule has 0 spiro atoms. The lowest BCUT2D eigenvalue weighted by Gasteiger charge is -2.28. The summed E-state index contributed by atoms with van der Waals surface area (Å²) in [6, 6.07) is 0.504. The fraction of sp³-hybridized carbons (Fsp3) is 1.00. The highest BCUT2D eigenvalue weighted by Crippen LogP contribution is 2.23. The van der Waals surface area contributed by atoms with Crippen LogP contribution < -0.4 is 5.32 Å². The first-order valence-electron chi connectivity index (χ1n) is 6.20. The summed E-state index contributed by atoms with van der Waals surface area (Å²) < 4.78 is 5.52. The van der Waals surface area contributed by atoms with Gasteiger partial charge in [0.05, 0.1) is 6.10 Å². The Bertz CT molecular complexity index is 147. The average molecular weight is 215 g/mol. The van der Waals surface area contributed by atoms with Crippen LogP contribution in [0.4, 0.5) is 0 Å². The fourth-order valence-electron chi connectivity index (χ4n) is 1.89. The van der Waals surface area contributed by atoms with Crippen LogP contribution in [0.5, 0.6) is 0 Å². The predicted molar refractivity (Wildman–Crippen MR) is 67.2 cm³/mol. The van der Waals surface area contributed by atoms with Gasteiger partial charge in [0.15, 0.2) is 0 Å². The molecule has 0 radical (unpaired) electrons. The summed E-state index contributed by atoms with van der Waals surface area (Å²) in [6.07, 6.45) is 3.87. The maximum atomic E-state index is 5.52. The van der Waals surface area contributed by atoms with Gasteiger partial charge in [0.25, 0.3) is 0 Å². The van der Waals surface area contributed by atoms with Gasteiger partial charge in [-0.2, -0.15) is 0 Å². The Morgan fingerprint density at radius 2 is 1.80 bits per heavy atom. The van der Waals surface area contributed by atoms with Gasteiger partial charge in [-0.1, -0.05) is 34.6 Å². The van der Waals surface area contributed by atoms with Gasteiger partial charge in [-0.15, -0.1) is 0 Å². The summed E-state index contributed by atoms with van der Waals surface area (Å²) in [7, 11) is 1.82. The van der Waals surface area contributed by atoms with Gasteiger partial charge in [-0.05, 0) is 31.2 Å². The lowest BCUT2D eigenvalue weighted by molar-refractivity contribution is 0.0592. The molecule has 0 aliphatic heterocycles. The van der Waals surface area contributed by atoms with E-state index in [0.717, 1.165) is 13.0 Å². The van der Waals surface area contributed by atoms with Gasteiger partial charge in [0.1, 0.15) is 0 Å². The molecule has 0 aromatic carbocycles. The molecule has 0 heterocycles. The van der Waals surface area contributed by atoms with E-state index in [9.17, 15) is 0 Å². The van der Waals surface area contributed by atoms with E-state index in [1.54, 1.807) is 0 Å². The fourth-order valence-corrected chi connectivity index (χ4v) is 1.89. The minimum Gasteiger partial charge on any atom is -0.380 e. The molecule has 0 aliphatic carbocycles. The normalized spacial score (nSPS) is 16.4. The summed E-state index contributed by atoms with van der Waals surface area (Å²) in [5.74, 6) is 0. The highest BCUT2D eigenvalue weighted by atomic mass is 16.5. The summed E-state index contributed by atoms with van der Waals surface area (Å²) in [5, 5.41) is 3.53. The van der Waals surface area contributed by atoms with Crippen molar-refractivity contribution in [2.45, 2.75) is 66.0 Å². The smallest absolute Gasteiger partial charge is 0.0721 e. The summed E-state index contributed by atoms with van der Waals surface area (Å²) in [6.45, 7) is 12.3. The van der Waals surface area contributed by atoms with Gasteiger partial charge in [-0.25, -0.2) is 0 Å². The van der Waals surface area contributed by atoms with Crippen LogP contribution in [0.15, 0.2) is 0 Å². The number of hydrogen-bond donors (Lipinski definition) is 1. The molecule has 2 heteroatoms. The summed E-state index contributed by atoms with van der Waals surface area (Å²) in [5.41, 5.74) is 0.416. The van der Waals surface area contributed by atoms with Crippen molar-refractivity contribution in [3.8, 4) is 0 Å². The van der Waals surface area contributed by atoms with Crippen LogP contribution in [0.3, 0.4) is 0 Å². The zero-order valence-corrected chi connectivity index (χ0v) is 11.4. The van der Waals surface area contributed by atoms with E-state index in [-0.39, 0.29) is 0 Å². The lowest BCUT2D eigenvalue weighted by atomic mass is 9.87. The molecule has 0 saturated heterocycles. The second-order valence-corrected chi connectivity index (χ2v) is 5.45. The Morgan fingerprint density at radius 3 is 2.13 bits per heavy atom. The third-order valence-electron chi connectivity index (χ3n) is 2.83. The van der Waals surface area contributed by atoms with Crippen molar-refractivity contribution in [1.82, 2.24) is 5.32 Å². The molecule has 0 bridgehead atoms. The molecule has 1 N–H and O–H groups in total. The van der Waals surface area contributed by atoms with Gasteiger partial charge in [0.2, 0.25) is 0 Å². The Morgan fingerprint density at radius 1 is 1.20 bits per heavy atom. The van der Waals surface area contributed by atoms with E-state index in [1.807, 2.05) is 7.11 Å². The topological polar surface area (TPSA) is 21.3 Å². The predicted octanol–water partition coefficient (Wildman–Crippen LogP) is 3.22. The molecule has 0 fully saturated rings. The van der Waals surface area contributed by atoms with E-state index in [4.69, 9.17) is 4.74 Å². The van der Waals surface area contributed by atoms with Crippen LogP contribution in [-0.2, 0) is 4.74 Å². The Kier molecular flexibility index (Phi) is 7.20. The zero-order chi connectivity index (χ0) is 11.9. The molecule has 2 unspecified atom stereocenters. The van der Waals surface area contributed by atoms with Crippen molar-refractivity contribution in [2.75, 3.05) is 13.7 Å². The SMILES string of the molecule is CCNC(CCC(C)(C)C)C(CC)OC. The molecular formula is C13H29NO. The molecule has 0 aromatic rings. The number of ether oxygens (including phenoxy) is 1. The number of likely N-dealkylation sites (N-methyl/N-ethyl adjacent to an activating group) is 1. The first kappa shape index (κ1) is 14.9. The van der Waals surface area contributed by atoms with Crippen molar-refractivity contribution in [1.29, 1.82) is 0 Å². The molecule has 15 heavy (non-hydrogen) atoms. The monoisotopic (exact) mass is 215 g/mol. The molecule has 2 nitrogen and oxygen atoms in total. The van der Waals surface area contributed by atoms with Crippen molar-refractivity contribution < 1.29 is 4.74 Å². The molecule has 0 amide bonds. The molecule has 0 aromatic heterocycles. The van der Waals surface area contributed by atoms with E-state index in [0.29, 0.717) is 17.6 Å². The van der Waals surface area contributed by atoms with Gasteiger partial charge in [-0.3, -0.25) is 0 Å². The maximum absolute atomic E-state index is 5.52. The molecule has 92 valence electrons. The number of rotatable bonds is 7. The maximum Gasteiger partial charge on any atom is 0.0721 e. The highest BCUT2D eigenvalue weighted by molar-refractivity contribution is 4.78. The molecule has 0 aliphatic rings. The molecule has 2 atom stereocenters. The van der Waals surface area contributed by atoms with Crippen molar-refractivity contribution in [3.05, 3.63) is 0 Å². The summed E-state index contributed by atoms with van der Waals surface area (Å²) in [4.78, 5) is 0. The Balaban J connectivity index is 4.13.